The Hall–Kier alpha value is -2.35. The third kappa shape index (κ3) is 5.17. The van der Waals surface area contributed by atoms with E-state index in [9.17, 15) is 4.39 Å². The molecule has 6 nitrogen and oxygen atoms in total. The maximum Gasteiger partial charge on any atom is 0.173 e. The Balaban J connectivity index is 0.00000289. The zero-order valence-corrected chi connectivity index (χ0v) is 19.8. The lowest BCUT2D eigenvalue weighted by atomic mass is 9.98. The summed E-state index contributed by atoms with van der Waals surface area (Å²) >= 11 is 0. The number of nitrogens with zero attached hydrogens (tertiary/aromatic N) is 6. The van der Waals surface area contributed by atoms with E-state index >= 15 is 0 Å². The van der Waals surface area contributed by atoms with Crippen LogP contribution in [0.3, 0.4) is 0 Å². The minimum absolute atomic E-state index is 0. The van der Waals surface area contributed by atoms with Crippen LogP contribution in [0.4, 0.5) is 4.39 Å². The minimum atomic E-state index is -0.319. The lowest BCUT2D eigenvalue weighted by molar-refractivity contribution is 0.0960. The molecule has 1 unspecified atom stereocenters. The number of aromatic nitrogens is 4. The van der Waals surface area contributed by atoms with Crippen molar-refractivity contribution in [3.63, 3.8) is 0 Å². The minimum Gasteiger partial charge on any atom is -0.297 e. The Labute approximate surface area is 195 Å². The predicted molar refractivity (Wildman–Crippen MR) is 126 cm³/mol. The molecule has 1 aliphatic heterocycles. The van der Waals surface area contributed by atoms with Gasteiger partial charge in [0.1, 0.15) is 11.9 Å². The predicted octanol–water partition coefficient (Wildman–Crippen LogP) is 4.29. The van der Waals surface area contributed by atoms with E-state index in [1.165, 1.54) is 11.6 Å². The Morgan fingerprint density at radius 1 is 0.969 bits per heavy atom. The Morgan fingerprint density at radius 3 is 2.28 bits per heavy atom. The molecule has 32 heavy (non-hydrogen) atoms. The average molecular weight is 459 g/mol. The molecular weight excluding hydrogens is 427 g/mol. The molecule has 1 aromatic heterocycles. The van der Waals surface area contributed by atoms with E-state index < -0.39 is 0 Å². The lowest BCUT2D eigenvalue weighted by Crippen LogP contribution is -2.48. The molecule has 2 aromatic carbocycles. The van der Waals surface area contributed by atoms with Crippen LogP contribution < -0.4 is 0 Å². The number of hydrogen-bond acceptors (Lipinski definition) is 5. The maximum absolute atomic E-state index is 14.9. The highest BCUT2D eigenvalue weighted by Gasteiger charge is 2.35. The van der Waals surface area contributed by atoms with Crippen molar-refractivity contribution < 1.29 is 4.39 Å². The number of piperazine rings is 1. The highest BCUT2D eigenvalue weighted by atomic mass is 35.5. The molecule has 1 fully saturated rings. The van der Waals surface area contributed by atoms with E-state index in [0.29, 0.717) is 11.4 Å². The number of rotatable bonds is 7. The second-order valence-electron chi connectivity index (χ2n) is 8.84. The van der Waals surface area contributed by atoms with Crippen LogP contribution in [0.25, 0.3) is 0 Å². The van der Waals surface area contributed by atoms with Gasteiger partial charge in [-0.3, -0.25) is 9.80 Å². The summed E-state index contributed by atoms with van der Waals surface area (Å²) in [5.41, 5.74) is 1.69. The fraction of sp³-hybridized carbons (Fsp3) is 0.458. The largest absolute Gasteiger partial charge is 0.297 e. The van der Waals surface area contributed by atoms with Crippen LogP contribution in [0.15, 0.2) is 54.6 Å². The normalized spacial score (nSPS) is 16.5. The van der Waals surface area contributed by atoms with E-state index in [0.717, 1.165) is 39.1 Å². The highest BCUT2D eigenvalue weighted by Crippen LogP contribution is 2.32. The quantitative estimate of drug-likeness (QED) is 0.528. The third-order valence-electron chi connectivity index (χ3n) is 6.40. The molecule has 1 aliphatic rings. The molecule has 0 radical (unpaired) electrons. The van der Waals surface area contributed by atoms with E-state index in [1.54, 1.807) is 6.07 Å². The van der Waals surface area contributed by atoms with Gasteiger partial charge < -0.3 is 0 Å². The van der Waals surface area contributed by atoms with Crippen LogP contribution in [0.2, 0.25) is 0 Å². The molecule has 8 heteroatoms. The van der Waals surface area contributed by atoms with Gasteiger partial charge in [0.05, 0.1) is 5.54 Å². The second kappa shape index (κ2) is 10.5. The molecule has 0 N–H and O–H groups in total. The molecule has 172 valence electrons. The summed E-state index contributed by atoms with van der Waals surface area (Å²) in [6, 6.07) is 17.2. The summed E-state index contributed by atoms with van der Waals surface area (Å²) in [5.74, 6) is 0.483. The fourth-order valence-corrected chi connectivity index (χ4v) is 4.16. The van der Waals surface area contributed by atoms with Crippen molar-refractivity contribution in [3.05, 3.63) is 77.4 Å². The van der Waals surface area contributed by atoms with Crippen molar-refractivity contribution in [2.45, 2.75) is 45.3 Å². The molecule has 0 spiro atoms. The van der Waals surface area contributed by atoms with Crippen LogP contribution in [-0.2, 0) is 12.1 Å². The molecule has 2 heterocycles. The van der Waals surface area contributed by atoms with E-state index in [4.69, 9.17) is 0 Å². The second-order valence-corrected chi connectivity index (χ2v) is 8.84. The Morgan fingerprint density at radius 2 is 1.62 bits per heavy atom. The number of halogens is 2. The van der Waals surface area contributed by atoms with Crippen molar-refractivity contribution in [2.24, 2.45) is 0 Å². The molecule has 4 rings (SSSR count). The molecule has 1 atom stereocenters. The molecule has 1 saturated heterocycles. The summed E-state index contributed by atoms with van der Waals surface area (Å²) < 4.78 is 16.8. The monoisotopic (exact) mass is 458 g/mol. The molecule has 0 aliphatic carbocycles. The van der Waals surface area contributed by atoms with Gasteiger partial charge in [-0.2, -0.15) is 0 Å². The molecule has 3 aromatic rings. The topological polar surface area (TPSA) is 50.1 Å². The molecular formula is C24H32ClFN6. The van der Waals surface area contributed by atoms with Crippen LogP contribution in [-0.4, -0.2) is 56.2 Å². The molecule has 0 bridgehead atoms. The molecule has 0 amide bonds. The van der Waals surface area contributed by atoms with Crippen molar-refractivity contribution in [3.8, 4) is 0 Å². The Kier molecular flexibility index (Phi) is 7.98. The van der Waals surface area contributed by atoms with Crippen LogP contribution in [0.1, 0.15) is 50.2 Å². The van der Waals surface area contributed by atoms with E-state index in [-0.39, 0.29) is 29.8 Å². The number of tetrazole rings is 1. The van der Waals surface area contributed by atoms with Gasteiger partial charge >= 0.3 is 0 Å². The van der Waals surface area contributed by atoms with Gasteiger partial charge in [-0.15, -0.1) is 17.5 Å². The number of benzene rings is 2. The third-order valence-corrected chi connectivity index (χ3v) is 6.40. The zero-order chi connectivity index (χ0) is 21.8. The summed E-state index contributed by atoms with van der Waals surface area (Å²) in [4.78, 5) is 4.76. The van der Waals surface area contributed by atoms with Crippen molar-refractivity contribution in [2.75, 3.05) is 26.2 Å². The lowest BCUT2D eigenvalue weighted by Gasteiger charge is -2.39. The summed E-state index contributed by atoms with van der Waals surface area (Å²) in [6.07, 6.45) is 0.875. The first-order valence-corrected chi connectivity index (χ1v) is 11.0. The van der Waals surface area contributed by atoms with Crippen molar-refractivity contribution >= 4 is 12.4 Å². The average Bonchev–Trinajstić information content (AvgIpc) is 3.28. The van der Waals surface area contributed by atoms with Crippen molar-refractivity contribution in [1.29, 1.82) is 0 Å². The SMILES string of the molecule is CCC(C)(C)n1nnnc1C(c1ccccc1F)N1CCN(Cc2ccccc2)CC1.Cl. The van der Waals surface area contributed by atoms with Gasteiger partial charge in [-0.25, -0.2) is 9.07 Å². The maximum atomic E-state index is 14.9. The van der Waals surface area contributed by atoms with Crippen molar-refractivity contribution in [1.82, 2.24) is 30.0 Å². The van der Waals surface area contributed by atoms with Crippen LogP contribution >= 0.6 is 12.4 Å². The number of hydrogen-bond donors (Lipinski definition) is 0. The van der Waals surface area contributed by atoms with Crippen LogP contribution in [0, 0.1) is 5.82 Å². The molecule has 0 saturated carbocycles. The smallest absolute Gasteiger partial charge is 0.173 e. The first-order valence-electron chi connectivity index (χ1n) is 11.0. The van der Waals surface area contributed by atoms with E-state index in [2.05, 4.69) is 70.4 Å². The van der Waals surface area contributed by atoms with Gasteiger partial charge in [0, 0.05) is 38.3 Å². The summed E-state index contributed by atoms with van der Waals surface area (Å²) in [6.45, 7) is 10.8. The summed E-state index contributed by atoms with van der Waals surface area (Å²) in [5, 5.41) is 12.7. The van der Waals surface area contributed by atoms with Gasteiger partial charge in [0.15, 0.2) is 5.82 Å². The zero-order valence-electron chi connectivity index (χ0n) is 19.0. The Bertz CT molecular complexity index is 985. The summed E-state index contributed by atoms with van der Waals surface area (Å²) in [7, 11) is 0. The van der Waals surface area contributed by atoms with E-state index in [1.807, 2.05) is 22.9 Å². The first kappa shape index (κ1) is 24.3. The fourth-order valence-electron chi connectivity index (χ4n) is 4.16. The first-order chi connectivity index (χ1) is 15.0. The van der Waals surface area contributed by atoms with Crippen LogP contribution in [0.5, 0.6) is 0 Å². The highest BCUT2D eigenvalue weighted by molar-refractivity contribution is 5.85. The van der Waals surface area contributed by atoms with Gasteiger partial charge in [-0.05, 0) is 42.3 Å². The standard InChI is InChI=1S/C24H31FN6.ClH/c1-4-24(2,3)31-23(26-27-28-31)22(20-12-8-9-13-21(20)25)30-16-14-29(15-17-30)18-19-10-6-5-7-11-19;/h5-13,22H,4,14-18H2,1-3H3;1H. The van der Waals surface area contributed by atoms with Gasteiger partial charge in [0.25, 0.3) is 0 Å². The van der Waals surface area contributed by atoms with Gasteiger partial charge in [0.2, 0.25) is 0 Å². The van der Waals surface area contributed by atoms with Gasteiger partial charge in [-0.1, -0.05) is 55.5 Å².